The second-order valence-corrected chi connectivity index (χ2v) is 8.89. The van der Waals surface area contributed by atoms with Gasteiger partial charge in [-0.15, -0.1) is 11.8 Å². The van der Waals surface area contributed by atoms with Crippen LogP contribution in [0.5, 0.6) is 0 Å². The smallest absolute Gasteiger partial charge is 0.138 e. The predicted octanol–water partition coefficient (Wildman–Crippen LogP) is 6.19. The van der Waals surface area contributed by atoms with E-state index in [2.05, 4.69) is 44.6 Å². The predicted molar refractivity (Wildman–Crippen MR) is 103 cm³/mol. The summed E-state index contributed by atoms with van der Waals surface area (Å²) in [5.41, 5.74) is 5.08. The number of allylic oxidation sites excluding steroid dienone is 4. The van der Waals surface area contributed by atoms with Crippen molar-refractivity contribution in [3.05, 3.63) is 53.8 Å². The summed E-state index contributed by atoms with van der Waals surface area (Å²) in [6.45, 7) is 0. The largest absolute Gasteiger partial charge is 0.257 e. The van der Waals surface area contributed by atoms with Gasteiger partial charge in [0.15, 0.2) is 0 Å². The number of hydrogen-bond donors (Lipinski definition) is 0. The Kier molecular flexibility index (Phi) is 4.24. The first kappa shape index (κ1) is 15.4. The molecule has 1 unspecified atom stereocenters. The zero-order chi connectivity index (χ0) is 15.3. The van der Waals surface area contributed by atoms with Crippen molar-refractivity contribution in [2.24, 2.45) is 4.99 Å². The van der Waals surface area contributed by atoms with Gasteiger partial charge < -0.3 is 0 Å². The van der Waals surface area contributed by atoms with Crippen molar-refractivity contribution in [1.29, 1.82) is 0 Å². The lowest BCUT2D eigenvalue weighted by Crippen LogP contribution is -2.20. The van der Waals surface area contributed by atoms with Crippen LogP contribution in [0.3, 0.4) is 0 Å². The zero-order valence-electron chi connectivity index (χ0n) is 11.8. The van der Waals surface area contributed by atoms with E-state index in [0.29, 0.717) is 4.47 Å². The maximum absolute atomic E-state index is 13.8. The second-order valence-electron chi connectivity index (χ2n) is 5.74. The van der Waals surface area contributed by atoms with Gasteiger partial charge in [0, 0.05) is 25.9 Å². The van der Waals surface area contributed by atoms with Crippen LogP contribution in [0.15, 0.2) is 43.8 Å². The number of halogens is 3. The second kappa shape index (κ2) is 6.06. The molecule has 1 nitrogen and oxygen atoms in total. The Labute approximate surface area is 155 Å². The van der Waals surface area contributed by atoms with Gasteiger partial charge in [-0.25, -0.2) is 4.39 Å². The molecule has 0 amide bonds. The van der Waals surface area contributed by atoms with Gasteiger partial charge in [-0.05, 0) is 87.5 Å². The summed E-state index contributed by atoms with van der Waals surface area (Å²) in [5.74, 6) is 1.17. The first-order chi connectivity index (χ1) is 10.6. The average molecular weight is 490 g/mol. The fourth-order valence-corrected chi connectivity index (χ4v) is 5.74. The Morgan fingerprint density at radius 3 is 3.05 bits per heavy atom. The third-order valence-electron chi connectivity index (χ3n) is 4.39. The van der Waals surface area contributed by atoms with E-state index in [9.17, 15) is 4.39 Å². The van der Waals surface area contributed by atoms with Crippen LogP contribution in [-0.2, 0) is 0 Å². The van der Waals surface area contributed by atoms with E-state index in [1.54, 1.807) is 6.07 Å². The highest BCUT2D eigenvalue weighted by Crippen LogP contribution is 2.51. The maximum Gasteiger partial charge on any atom is 0.138 e. The molecule has 5 heteroatoms. The van der Waals surface area contributed by atoms with Gasteiger partial charge in [0.25, 0.3) is 0 Å². The molecule has 0 spiro atoms. The van der Waals surface area contributed by atoms with Crippen LogP contribution in [0.2, 0.25) is 0 Å². The number of rotatable bonds is 1. The summed E-state index contributed by atoms with van der Waals surface area (Å²) in [4.78, 5) is 6.31. The normalized spacial score (nSPS) is 23.9. The topological polar surface area (TPSA) is 12.4 Å². The molecule has 3 aliphatic rings. The third-order valence-corrected chi connectivity index (χ3v) is 7.12. The molecule has 114 valence electrons. The van der Waals surface area contributed by atoms with E-state index in [1.807, 2.05) is 17.8 Å². The van der Waals surface area contributed by atoms with Crippen molar-refractivity contribution in [2.75, 3.05) is 5.75 Å². The van der Waals surface area contributed by atoms with Gasteiger partial charge in [-0.1, -0.05) is 6.08 Å². The first-order valence-corrected chi connectivity index (χ1v) is 10.3. The third kappa shape index (κ3) is 2.53. The average Bonchev–Trinajstić information content (AvgIpc) is 2.97. The highest BCUT2D eigenvalue weighted by Gasteiger charge is 2.35. The number of nitrogens with zero attached hydrogens (tertiary/aromatic N) is 1. The minimum atomic E-state index is -0.191. The van der Waals surface area contributed by atoms with E-state index in [-0.39, 0.29) is 11.7 Å². The molecule has 2 aliphatic heterocycles. The number of fused-ring (bicyclic) bond motifs is 1. The van der Waals surface area contributed by atoms with Crippen LogP contribution in [0.4, 0.5) is 4.39 Å². The van der Waals surface area contributed by atoms with Crippen LogP contribution in [0.1, 0.15) is 37.2 Å². The van der Waals surface area contributed by atoms with Crippen molar-refractivity contribution in [1.82, 2.24) is 0 Å². The van der Waals surface area contributed by atoms with Gasteiger partial charge in [0.05, 0.1) is 10.2 Å². The molecule has 4 rings (SSSR count). The highest BCUT2D eigenvalue weighted by molar-refractivity contribution is 14.1. The molecule has 1 aromatic rings. The number of aliphatic imine (C=N–C) groups is 1. The molecule has 1 aliphatic carbocycles. The van der Waals surface area contributed by atoms with Crippen LogP contribution in [0.25, 0.3) is 0 Å². The molecule has 0 saturated heterocycles. The summed E-state index contributed by atoms with van der Waals surface area (Å²) in [6.07, 6.45) is 6.80. The number of benzene rings is 1. The molecular formula is C17H14BrFINS. The highest BCUT2D eigenvalue weighted by atomic mass is 127. The van der Waals surface area contributed by atoms with E-state index >= 15 is 0 Å². The molecule has 2 heterocycles. The summed E-state index contributed by atoms with van der Waals surface area (Å²) >= 11 is 7.54. The molecule has 22 heavy (non-hydrogen) atoms. The molecule has 0 saturated carbocycles. The van der Waals surface area contributed by atoms with Crippen molar-refractivity contribution in [3.8, 4) is 0 Å². The Bertz CT molecular complexity index is 753. The van der Waals surface area contributed by atoms with Crippen LogP contribution < -0.4 is 0 Å². The van der Waals surface area contributed by atoms with Crippen LogP contribution in [0, 0.1) is 9.39 Å². The Morgan fingerprint density at radius 1 is 1.32 bits per heavy atom. The van der Waals surface area contributed by atoms with Gasteiger partial charge in [0.1, 0.15) is 5.82 Å². The van der Waals surface area contributed by atoms with Gasteiger partial charge in [-0.2, -0.15) is 0 Å². The summed E-state index contributed by atoms with van der Waals surface area (Å²) in [7, 11) is 0. The fourth-order valence-electron chi connectivity index (χ4n) is 3.39. The fraction of sp³-hybridized carbons (Fsp3) is 0.353. The van der Waals surface area contributed by atoms with Crippen molar-refractivity contribution in [2.45, 2.75) is 31.6 Å². The molecule has 0 N–H and O–H groups in total. The summed E-state index contributed by atoms with van der Waals surface area (Å²) in [6, 6.07) is 3.60. The monoisotopic (exact) mass is 489 g/mol. The van der Waals surface area contributed by atoms with Gasteiger partial charge >= 0.3 is 0 Å². The maximum atomic E-state index is 13.8. The minimum Gasteiger partial charge on any atom is -0.257 e. The number of thioether (sulfide) groups is 1. The Hall–Kier alpha value is -0.140. The Balaban J connectivity index is 1.90. The van der Waals surface area contributed by atoms with Crippen molar-refractivity contribution >= 4 is 56.0 Å². The molecular weight excluding hydrogens is 476 g/mol. The standard InChI is InChI=1S/C17H14BrFINS/c18-11-7-10(13(20)8-12(11)19)16-9-3-1-2-4-14(9)21-15-5-6-22-17(15)16/h3,7-8,16H,1-2,4-6H2. The van der Waals surface area contributed by atoms with E-state index < -0.39 is 0 Å². The number of hydrogen-bond acceptors (Lipinski definition) is 2. The summed E-state index contributed by atoms with van der Waals surface area (Å²) < 4.78 is 15.4. The lowest BCUT2D eigenvalue weighted by molar-refractivity contribution is 0.618. The first-order valence-electron chi connectivity index (χ1n) is 7.43. The molecule has 1 atom stereocenters. The molecule has 0 fully saturated rings. The van der Waals surface area contributed by atoms with Crippen molar-refractivity contribution < 1.29 is 4.39 Å². The molecule has 0 bridgehead atoms. The summed E-state index contributed by atoms with van der Waals surface area (Å²) in [5, 5.41) is 0. The van der Waals surface area contributed by atoms with Gasteiger partial charge in [-0.3, -0.25) is 4.99 Å². The SMILES string of the molecule is Fc1cc(I)c(C2C3=CCCCC3=NC3=C2SCC3)cc1Br. The zero-order valence-corrected chi connectivity index (χ0v) is 16.4. The van der Waals surface area contributed by atoms with E-state index in [4.69, 9.17) is 4.99 Å². The Morgan fingerprint density at radius 2 is 2.18 bits per heavy atom. The van der Waals surface area contributed by atoms with Crippen molar-refractivity contribution in [3.63, 3.8) is 0 Å². The lowest BCUT2D eigenvalue weighted by atomic mass is 9.80. The van der Waals surface area contributed by atoms with E-state index in [1.165, 1.54) is 33.9 Å². The quantitative estimate of drug-likeness (QED) is 0.338. The van der Waals surface area contributed by atoms with Crippen LogP contribution >= 0.6 is 50.3 Å². The molecule has 0 aromatic heterocycles. The van der Waals surface area contributed by atoms with E-state index in [0.717, 1.165) is 28.6 Å². The van der Waals surface area contributed by atoms with Crippen LogP contribution in [-0.4, -0.2) is 11.5 Å². The lowest BCUT2D eigenvalue weighted by Gasteiger charge is -2.30. The molecule has 0 radical (unpaired) electrons. The minimum absolute atomic E-state index is 0.191. The molecule has 1 aromatic carbocycles. The van der Waals surface area contributed by atoms with Gasteiger partial charge in [0.2, 0.25) is 0 Å².